The van der Waals surface area contributed by atoms with Crippen molar-refractivity contribution in [2.45, 2.75) is 13.0 Å². The van der Waals surface area contributed by atoms with Crippen molar-refractivity contribution in [1.82, 2.24) is 10.2 Å². The van der Waals surface area contributed by atoms with Crippen molar-refractivity contribution in [3.63, 3.8) is 0 Å². The van der Waals surface area contributed by atoms with Gasteiger partial charge in [0.15, 0.2) is 0 Å². The van der Waals surface area contributed by atoms with E-state index in [0.29, 0.717) is 34.9 Å². The maximum atomic E-state index is 12.9. The van der Waals surface area contributed by atoms with Crippen molar-refractivity contribution >= 4 is 39.5 Å². The van der Waals surface area contributed by atoms with Gasteiger partial charge in [-0.15, -0.1) is 0 Å². The summed E-state index contributed by atoms with van der Waals surface area (Å²) in [6.45, 7) is 1.98. The van der Waals surface area contributed by atoms with Crippen LogP contribution in [-0.4, -0.2) is 42.6 Å². The van der Waals surface area contributed by atoms with Gasteiger partial charge in [0.1, 0.15) is 18.9 Å². The van der Waals surface area contributed by atoms with Crippen LogP contribution in [0.1, 0.15) is 18.5 Å². The van der Waals surface area contributed by atoms with Gasteiger partial charge in [-0.1, -0.05) is 34.1 Å². The first-order valence-electron chi connectivity index (χ1n) is 9.73. The largest absolute Gasteiger partial charge is 0.494 e. The molecule has 0 fully saturated rings. The number of esters is 1. The summed E-state index contributed by atoms with van der Waals surface area (Å²) in [7, 11) is 0. The van der Waals surface area contributed by atoms with E-state index in [1.165, 1.54) is 4.90 Å². The van der Waals surface area contributed by atoms with Crippen LogP contribution >= 0.6 is 15.9 Å². The second-order valence-corrected chi connectivity index (χ2v) is 7.85. The van der Waals surface area contributed by atoms with Crippen molar-refractivity contribution in [3.05, 3.63) is 69.8 Å². The fourth-order valence-corrected chi connectivity index (χ4v) is 3.86. The van der Waals surface area contributed by atoms with Crippen molar-refractivity contribution in [2.75, 3.05) is 25.1 Å². The van der Waals surface area contributed by atoms with Gasteiger partial charge in [-0.3, -0.25) is 9.69 Å². The maximum Gasteiger partial charge on any atom is 0.338 e. The minimum atomic E-state index is -0.717. The minimum Gasteiger partial charge on any atom is -0.494 e. The fraction of sp³-hybridized carbons (Fsp3) is 0.227. The lowest BCUT2D eigenvalue weighted by molar-refractivity contribution is -0.136. The average Bonchev–Trinajstić information content (AvgIpc) is 3.14. The van der Waals surface area contributed by atoms with Gasteiger partial charge in [-0.2, -0.15) is 0 Å². The number of ether oxygens (including phenoxy) is 2. The minimum absolute atomic E-state index is 0.0690. The molecule has 2 aliphatic rings. The predicted octanol–water partition coefficient (Wildman–Crippen LogP) is 3.36. The SMILES string of the molecule is CCOc1ccccc1[C@H]1NC(=O)N(CC(=O)Nc2ccc(Br)cc2)C2=C1C(=O)OC2. The Bertz CT molecular complexity index is 1070. The van der Waals surface area contributed by atoms with Gasteiger partial charge in [0, 0.05) is 15.7 Å². The molecule has 0 aliphatic carbocycles. The summed E-state index contributed by atoms with van der Waals surface area (Å²) in [4.78, 5) is 39.2. The van der Waals surface area contributed by atoms with E-state index in [2.05, 4.69) is 26.6 Å². The molecule has 0 saturated carbocycles. The number of nitrogens with one attached hydrogen (secondary N) is 2. The molecule has 0 aromatic heterocycles. The standard InChI is InChI=1S/C22H20BrN3O5/c1-2-30-17-6-4-3-5-15(17)20-19-16(12-31-21(19)28)26(22(29)25-20)11-18(27)24-14-9-7-13(23)8-10-14/h3-10,20H,2,11-12H2,1H3,(H,24,27)(H,25,29)/t20-/m1/s1. The summed E-state index contributed by atoms with van der Waals surface area (Å²) in [6, 6.07) is 13.1. The molecular formula is C22H20BrN3O5. The van der Waals surface area contributed by atoms with Crippen LogP contribution in [0.2, 0.25) is 0 Å². The number of hydrogen-bond donors (Lipinski definition) is 2. The van der Waals surface area contributed by atoms with E-state index in [1.807, 2.05) is 19.1 Å². The third-order valence-corrected chi connectivity index (χ3v) is 5.49. The number of anilines is 1. The maximum absolute atomic E-state index is 12.9. The number of halogens is 1. The molecule has 2 N–H and O–H groups in total. The van der Waals surface area contributed by atoms with Crippen LogP contribution in [0.25, 0.3) is 0 Å². The molecular weight excluding hydrogens is 466 g/mol. The van der Waals surface area contributed by atoms with E-state index in [9.17, 15) is 14.4 Å². The van der Waals surface area contributed by atoms with Gasteiger partial charge in [-0.05, 0) is 37.3 Å². The van der Waals surface area contributed by atoms with Crippen molar-refractivity contribution in [2.24, 2.45) is 0 Å². The summed E-state index contributed by atoms with van der Waals surface area (Å²) < 4.78 is 11.8. The van der Waals surface area contributed by atoms with E-state index in [1.54, 1.807) is 36.4 Å². The Morgan fingerprint density at radius 3 is 2.71 bits per heavy atom. The molecule has 0 saturated heterocycles. The first-order valence-corrected chi connectivity index (χ1v) is 10.5. The number of nitrogens with zero attached hydrogens (tertiary/aromatic N) is 1. The fourth-order valence-electron chi connectivity index (χ4n) is 3.59. The van der Waals surface area contributed by atoms with E-state index in [0.717, 1.165) is 4.47 Å². The molecule has 160 valence electrons. The zero-order chi connectivity index (χ0) is 22.0. The van der Waals surface area contributed by atoms with Crippen molar-refractivity contribution < 1.29 is 23.9 Å². The van der Waals surface area contributed by atoms with E-state index < -0.39 is 23.9 Å². The van der Waals surface area contributed by atoms with Crippen LogP contribution in [0.5, 0.6) is 5.75 Å². The molecule has 8 nitrogen and oxygen atoms in total. The van der Waals surface area contributed by atoms with Crippen LogP contribution in [-0.2, 0) is 14.3 Å². The molecule has 1 atom stereocenters. The second-order valence-electron chi connectivity index (χ2n) is 6.93. The summed E-state index contributed by atoms with van der Waals surface area (Å²) in [5.41, 5.74) is 1.95. The zero-order valence-corrected chi connectivity index (χ0v) is 18.3. The van der Waals surface area contributed by atoms with E-state index in [-0.39, 0.29) is 13.2 Å². The highest BCUT2D eigenvalue weighted by atomic mass is 79.9. The Morgan fingerprint density at radius 1 is 1.23 bits per heavy atom. The molecule has 9 heteroatoms. The first kappa shape index (κ1) is 20.9. The lowest BCUT2D eigenvalue weighted by Crippen LogP contribution is -2.49. The van der Waals surface area contributed by atoms with Gasteiger partial charge in [-0.25, -0.2) is 9.59 Å². The monoisotopic (exact) mass is 485 g/mol. The number of carbonyl (C=O) groups excluding carboxylic acids is 3. The smallest absolute Gasteiger partial charge is 0.338 e. The van der Waals surface area contributed by atoms with Crippen LogP contribution in [0.15, 0.2) is 64.3 Å². The zero-order valence-electron chi connectivity index (χ0n) is 16.7. The summed E-state index contributed by atoms with van der Waals surface area (Å²) >= 11 is 3.34. The number of cyclic esters (lactones) is 1. The molecule has 0 unspecified atom stereocenters. The topological polar surface area (TPSA) is 97.0 Å². The normalized spacial score (nSPS) is 17.7. The number of hydrogen-bond acceptors (Lipinski definition) is 5. The molecule has 2 aromatic carbocycles. The summed E-state index contributed by atoms with van der Waals surface area (Å²) in [5.74, 6) is -0.343. The lowest BCUT2D eigenvalue weighted by atomic mass is 9.95. The average molecular weight is 486 g/mol. The first-order chi connectivity index (χ1) is 15.0. The van der Waals surface area contributed by atoms with Crippen molar-refractivity contribution in [1.29, 1.82) is 0 Å². The highest BCUT2D eigenvalue weighted by Gasteiger charge is 2.43. The van der Waals surface area contributed by atoms with E-state index in [4.69, 9.17) is 9.47 Å². The Morgan fingerprint density at radius 2 is 1.97 bits per heavy atom. The lowest BCUT2D eigenvalue weighted by Gasteiger charge is -2.33. The number of para-hydroxylation sites is 1. The van der Waals surface area contributed by atoms with Gasteiger partial charge < -0.3 is 20.1 Å². The van der Waals surface area contributed by atoms with Crippen LogP contribution in [0.4, 0.5) is 10.5 Å². The highest BCUT2D eigenvalue weighted by molar-refractivity contribution is 9.10. The molecule has 0 radical (unpaired) electrons. The van der Waals surface area contributed by atoms with Crippen LogP contribution < -0.4 is 15.4 Å². The van der Waals surface area contributed by atoms with Gasteiger partial charge in [0.25, 0.3) is 0 Å². The number of amides is 3. The van der Waals surface area contributed by atoms with Gasteiger partial charge >= 0.3 is 12.0 Å². The van der Waals surface area contributed by atoms with Gasteiger partial charge in [0.2, 0.25) is 5.91 Å². The predicted molar refractivity (Wildman–Crippen MR) is 116 cm³/mol. The Balaban J connectivity index is 1.61. The number of urea groups is 1. The highest BCUT2D eigenvalue weighted by Crippen LogP contribution is 2.38. The molecule has 2 aromatic rings. The number of benzene rings is 2. The van der Waals surface area contributed by atoms with Crippen LogP contribution in [0.3, 0.4) is 0 Å². The molecule has 4 rings (SSSR count). The third-order valence-electron chi connectivity index (χ3n) is 4.96. The van der Waals surface area contributed by atoms with Gasteiger partial charge in [0.05, 0.1) is 23.9 Å². The summed E-state index contributed by atoms with van der Waals surface area (Å²) in [5, 5.41) is 5.57. The molecule has 3 amide bonds. The number of rotatable bonds is 6. The quantitative estimate of drug-likeness (QED) is 0.611. The molecule has 2 aliphatic heterocycles. The second kappa shape index (κ2) is 8.81. The molecule has 0 spiro atoms. The van der Waals surface area contributed by atoms with Crippen molar-refractivity contribution in [3.8, 4) is 5.75 Å². The third kappa shape index (κ3) is 4.27. The number of carbonyl (C=O) groups is 3. The Labute approximate surface area is 187 Å². The molecule has 2 heterocycles. The summed E-state index contributed by atoms with van der Waals surface area (Å²) in [6.07, 6.45) is 0. The molecule has 31 heavy (non-hydrogen) atoms. The Hall–Kier alpha value is -3.33. The van der Waals surface area contributed by atoms with E-state index >= 15 is 0 Å². The Kier molecular flexibility index (Phi) is 5.94. The molecule has 0 bridgehead atoms. The van der Waals surface area contributed by atoms with Crippen LogP contribution in [0, 0.1) is 0 Å².